The van der Waals surface area contributed by atoms with Crippen LogP contribution in [0.15, 0.2) is 18.2 Å². The summed E-state index contributed by atoms with van der Waals surface area (Å²) in [6.07, 6.45) is 0.109. The number of hydrogen-bond acceptors (Lipinski definition) is 4. The van der Waals surface area contributed by atoms with Crippen LogP contribution in [0.5, 0.6) is 0 Å². The Morgan fingerprint density at radius 2 is 2.05 bits per heavy atom. The highest BCUT2D eigenvalue weighted by atomic mass is 19.1. The van der Waals surface area contributed by atoms with Crippen LogP contribution in [0.3, 0.4) is 0 Å². The van der Waals surface area contributed by atoms with Crippen LogP contribution in [-0.2, 0) is 9.53 Å². The molecule has 0 aliphatic rings. The fraction of sp³-hybridized carbons (Fsp3) is 0.385. The van der Waals surface area contributed by atoms with Crippen molar-refractivity contribution in [2.45, 2.75) is 25.8 Å². The smallest absolute Gasteiger partial charge is 0.340 e. The number of methoxy groups -OCH3 is 1. The number of amides is 1. The minimum atomic E-state index is -0.798. The van der Waals surface area contributed by atoms with Gasteiger partial charge in [0.15, 0.2) is 0 Å². The van der Waals surface area contributed by atoms with Crippen molar-refractivity contribution >= 4 is 17.6 Å². The molecule has 0 aliphatic carbocycles. The van der Waals surface area contributed by atoms with E-state index < -0.39 is 17.3 Å². The van der Waals surface area contributed by atoms with Gasteiger partial charge in [0.05, 0.1) is 12.7 Å². The van der Waals surface area contributed by atoms with E-state index >= 15 is 0 Å². The maximum Gasteiger partial charge on any atom is 0.340 e. The van der Waals surface area contributed by atoms with Crippen molar-refractivity contribution in [1.29, 1.82) is 0 Å². The van der Waals surface area contributed by atoms with E-state index in [-0.39, 0.29) is 17.9 Å². The summed E-state index contributed by atoms with van der Waals surface area (Å²) < 4.78 is 17.8. The Bertz CT molecular complexity index is 495. The van der Waals surface area contributed by atoms with Crippen molar-refractivity contribution in [2.24, 2.45) is 5.73 Å². The molecule has 6 heteroatoms. The van der Waals surface area contributed by atoms with Crippen molar-refractivity contribution in [3.05, 3.63) is 29.6 Å². The molecule has 0 bridgehead atoms. The first-order valence-corrected chi connectivity index (χ1v) is 5.69. The van der Waals surface area contributed by atoms with Crippen molar-refractivity contribution in [1.82, 2.24) is 0 Å². The van der Waals surface area contributed by atoms with Gasteiger partial charge in [0, 0.05) is 17.6 Å². The largest absolute Gasteiger partial charge is 0.465 e. The van der Waals surface area contributed by atoms with Gasteiger partial charge in [0.1, 0.15) is 5.82 Å². The zero-order valence-corrected chi connectivity index (χ0v) is 11.1. The Morgan fingerprint density at radius 3 is 2.58 bits per heavy atom. The molecule has 1 rings (SSSR count). The summed E-state index contributed by atoms with van der Waals surface area (Å²) in [5.41, 5.74) is 5.16. The molecule has 5 nitrogen and oxygen atoms in total. The topological polar surface area (TPSA) is 81.4 Å². The van der Waals surface area contributed by atoms with Gasteiger partial charge in [-0.3, -0.25) is 4.79 Å². The zero-order valence-electron chi connectivity index (χ0n) is 11.1. The highest BCUT2D eigenvalue weighted by Gasteiger charge is 2.18. The Morgan fingerprint density at radius 1 is 1.42 bits per heavy atom. The lowest BCUT2D eigenvalue weighted by Gasteiger charge is -2.17. The Hall–Kier alpha value is -1.95. The maximum atomic E-state index is 13.4. The van der Waals surface area contributed by atoms with Gasteiger partial charge in [-0.1, -0.05) is 0 Å². The van der Waals surface area contributed by atoms with Crippen LogP contribution >= 0.6 is 0 Å². The first-order valence-electron chi connectivity index (χ1n) is 5.69. The molecule has 104 valence electrons. The number of ether oxygens (including phenoxy) is 1. The number of nitrogens with two attached hydrogens (primary N) is 1. The summed E-state index contributed by atoms with van der Waals surface area (Å²) in [7, 11) is 1.16. The average Bonchev–Trinajstić information content (AvgIpc) is 2.28. The Kier molecular flexibility index (Phi) is 4.61. The third-order valence-corrected chi connectivity index (χ3v) is 2.27. The normalized spacial score (nSPS) is 11.0. The van der Waals surface area contributed by atoms with Crippen LogP contribution in [0.1, 0.15) is 30.6 Å². The van der Waals surface area contributed by atoms with Gasteiger partial charge in [0.25, 0.3) is 0 Å². The number of halogens is 1. The fourth-order valence-corrected chi connectivity index (χ4v) is 1.49. The van der Waals surface area contributed by atoms with E-state index in [1.807, 2.05) is 0 Å². The second-order valence-electron chi connectivity index (χ2n) is 4.90. The van der Waals surface area contributed by atoms with Crippen molar-refractivity contribution in [2.75, 3.05) is 12.4 Å². The lowest BCUT2D eigenvalue weighted by molar-refractivity contribution is -0.117. The summed E-state index contributed by atoms with van der Waals surface area (Å²) in [4.78, 5) is 23.0. The van der Waals surface area contributed by atoms with Crippen LogP contribution in [0.25, 0.3) is 0 Å². The molecule has 19 heavy (non-hydrogen) atoms. The summed E-state index contributed by atoms with van der Waals surface area (Å²) in [6, 6.07) is 3.68. The molecule has 0 radical (unpaired) electrons. The third-order valence-electron chi connectivity index (χ3n) is 2.27. The minimum Gasteiger partial charge on any atom is -0.465 e. The van der Waals surface area contributed by atoms with Crippen LogP contribution in [0.4, 0.5) is 10.1 Å². The Balaban J connectivity index is 2.86. The number of benzene rings is 1. The van der Waals surface area contributed by atoms with Gasteiger partial charge in [-0.2, -0.15) is 0 Å². The lowest BCUT2D eigenvalue weighted by Crippen LogP contribution is -2.36. The molecule has 0 aromatic heterocycles. The molecule has 0 aliphatic heterocycles. The maximum absolute atomic E-state index is 13.4. The first kappa shape index (κ1) is 15.1. The zero-order chi connectivity index (χ0) is 14.6. The number of esters is 1. The highest BCUT2D eigenvalue weighted by Crippen LogP contribution is 2.16. The number of hydrogen-bond donors (Lipinski definition) is 2. The standard InChI is InChI=1S/C13H17FN2O3/c1-13(2,15)7-11(17)16-8-4-5-10(14)9(6-8)12(18)19-3/h4-6H,7,15H2,1-3H3,(H,16,17). The number of anilines is 1. The molecular formula is C13H17FN2O3. The Labute approximate surface area is 110 Å². The predicted octanol–water partition coefficient (Wildman–Crippen LogP) is 1.68. The molecule has 0 saturated heterocycles. The molecule has 0 atom stereocenters. The van der Waals surface area contributed by atoms with Gasteiger partial charge >= 0.3 is 5.97 Å². The molecule has 0 saturated carbocycles. The predicted molar refractivity (Wildman–Crippen MR) is 69.3 cm³/mol. The van der Waals surface area contributed by atoms with Gasteiger partial charge in [-0.05, 0) is 32.0 Å². The average molecular weight is 268 g/mol. The molecule has 0 heterocycles. The molecule has 3 N–H and O–H groups in total. The van der Waals surface area contributed by atoms with Crippen LogP contribution < -0.4 is 11.1 Å². The number of carbonyl (C=O) groups excluding carboxylic acids is 2. The van der Waals surface area contributed by atoms with Gasteiger partial charge in [0.2, 0.25) is 5.91 Å². The van der Waals surface area contributed by atoms with Crippen molar-refractivity contribution in [3.8, 4) is 0 Å². The van der Waals surface area contributed by atoms with E-state index in [2.05, 4.69) is 10.1 Å². The number of nitrogens with one attached hydrogen (secondary N) is 1. The van der Waals surface area contributed by atoms with Crippen LogP contribution in [0.2, 0.25) is 0 Å². The second kappa shape index (κ2) is 5.79. The van der Waals surface area contributed by atoms with Crippen molar-refractivity contribution in [3.63, 3.8) is 0 Å². The SMILES string of the molecule is COC(=O)c1cc(NC(=O)CC(C)(C)N)ccc1F. The van der Waals surface area contributed by atoms with E-state index in [4.69, 9.17) is 5.73 Å². The van der Waals surface area contributed by atoms with Gasteiger partial charge in [-0.25, -0.2) is 9.18 Å². The molecular weight excluding hydrogens is 251 g/mol. The summed E-state index contributed by atoms with van der Waals surface area (Å²) >= 11 is 0. The van der Waals surface area contributed by atoms with Gasteiger partial charge in [-0.15, -0.1) is 0 Å². The summed E-state index contributed by atoms with van der Waals surface area (Å²) in [6.45, 7) is 3.44. The highest BCUT2D eigenvalue weighted by molar-refractivity contribution is 5.95. The number of rotatable bonds is 4. The fourth-order valence-electron chi connectivity index (χ4n) is 1.49. The van der Waals surface area contributed by atoms with E-state index in [0.29, 0.717) is 5.69 Å². The van der Waals surface area contributed by atoms with E-state index in [1.54, 1.807) is 13.8 Å². The van der Waals surface area contributed by atoms with Crippen molar-refractivity contribution < 1.29 is 18.7 Å². The lowest BCUT2D eigenvalue weighted by atomic mass is 10.0. The molecule has 0 unspecified atom stereocenters. The second-order valence-corrected chi connectivity index (χ2v) is 4.90. The molecule has 1 aromatic carbocycles. The van der Waals surface area contributed by atoms with Gasteiger partial charge < -0.3 is 15.8 Å². The molecule has 0 fully saturated rings. The van der Waals surface area contributed by atoms with Crippen LogP contribution in [-0.4, -0.2) is 24.5 Å². The summed E-state index contributed by atoms with van der Waals surface area (Å²) in [5.74, 6) is -1.81. The van der Waals surface area contributed by atoms with E-state index in [9.17, 15) is 14.0 Å². The molecule has 1 amide bonds. The van der Waals surface area contributed by atoms with Crippen LogP contribution in [0, 0.1) is 5.82 Å². The monoisotopic (exact) mass is 268 g/mol. The summed E-state index contributed by atoms with van der Waals surface area (Å²) in [5, 5.41) is 2.55. The minimum absolute atomic E-state index is 0.109. The quantitative estimate of drug-likeness (QED) is 0.814. The molecule has 0 spiro atoms. The first-order chi connectivity index (χ1) is 8.73. The third kappa shape index (κ3) is 4.67. The molecule has 1 aromatic rings. The van der Waals surface area contributed by atoms with E-state index in [0.717, 1.165) is 13.2 Å². The van der Waals surface area contributed by atoms with E-state index in [1.165, 1.54) is 12.1 Å². The number of carbonyl (C=O) groups is 2.